The molecule has 2 rings (SSSR count). The van der Waals surface area contributed by atoms with E-state index in [0.717, 1.165) is 11.1 Å². The molecule has 0 aliphatic carbocycles. The maximum absolute atomic E-state index is 12.0. The topological polar surface area (TPSA) is 98.5 Å². The molecule has 130 valence electrons. The van der Waals surface area contributed by atoms with Crippen molar-refractivity contribution in [2.75, 3.05) is 11.9 Å². The monoisotopic (exact) mass is 342 g/mol. The fourth-order valence-corrected chi connectivity index (χ4v) is 2.34. The van der Waals surface area contributed by atoms with Gasteiger partial charge in [-0.1, -0.05) is 17.7 Å². The van der Waals surface area contributed by atoms with Gasteiger partial charge in [-0.05, 0) is 44.5 Å². The number of nitrogens with zero attached hydrogens (tertiary/aromatic N) is 1. The Morgan fingerprint density at radius 1 is 1.08 bits per heavy atom. The van der Waals surface area contributed by atoms with E-state index in [2.05, 4.69) is 5.32 Å². The van der Waals surface area contributed by atoms with Crippen LogP contribution >= 0.6 is 0 Å². The smallest absolute Gasteiger partial charge is 0.338 e. The molecule has 7 heteroatoms. The largest absolute Gasteiger partial charge is 0.452 e. The van der Waals surface area contributed by atoms with Gasteiger partial charge in [-0.25, -0.2) is 4.79 Å². The Hall–Kier alpha value is -3.22. The first-order valence-electron chi connectivity index (χ1n) is 7.57. The summed E-state index contributed by atoms with van der Waals surface area (Å²) in [5, 5.41) is 13.5. The van der Waals surface area contributed by atoms with Crippen LogP contribution in [0, 0.1) is 30.9 Å². The summed E-state index contributed by atoms with van der Waals surface area (Å²) in [6.45, 7) is 4.91. The lowest BCUT2D eigenvalue weighted by Gasteiger charge is -2.10. The highest BCUT2D eigenvalue weighted by Gasteiger charge is 2.16. The maximum Gasteiger partial charge on any atom is 0.338 e. The van der Waals surface area contributed by atoms with Crippen LogP contribution in [-0.4, -0.2) is 23.4 Å². The molecule has 0 saturated carbocycles. The summed E-state index contributed by atoms with van der Waals surface area (Å²) in [6.07, 6.45) is 0. The lowest BCUT2D eigenvalue weighted by atomic mass is 10.1. The third-order valence-electron chi connectivity index (χ3n) is 3.62. The van der Waals surface area contributed by atoms with Crippen LogP contribution in [0.25, 0.3) is 0 Å². The van der Waals surface area contributed by atoms with Gasteiger partial charge < -0.3 is 10.1 Å². The zero-order valence-corrected chi connectivity index (χ0v) is 14.2. The van der Waals surface area contributed by atoms with Gasteiger partial charge in [0, 0.05) is 17.3 Å². The van der Waals surface area contributed by atoms with Crippen molar-refractivity contribution in [3.05, 3.63) is 68.8 Å². The molecule has 2 aromatic carbocycles. The Morgan fingerprint density at radius 3 is 2.40 bits per heavy atom. The number of carbonyl (C=O) groups is 2. The quantitative estimate of drug-likeness (QED) is 0.510. The summed E-state index contributed by atoms with van der Waals surface area (Å²) in [6, 6.07) is 9.49. The lowest BCUT2D eigenvalue weighted by Crippen LogP contribution is -2.21. The molecule has 1 N–H and O–H groups in total. The highest BCUT2D eigenvalue weighted by molar-refractivity contribution is 5.96. The normalized spacial score (nSPS) is 10.2. The average molecular weight is 342 g/mol. The molecule has 0 radical (unpaired) electrons. The van der Waals surface area contributed by atoms with E-state index >= 15 is 0 Å². The predicted octanol–water partition coefficient (Wildman–Crippen LogP) is 3.32. The minimum absolute atomic E-state index is 0.0795. The van der Waals surface area contributed by atoms with E-state index in [9.17, 15) is 19.7 Å². The molecule has 0 heterocycles. The summed E-state index contributed by atoms with van der Waals surface area (Å²) in [5.74, 6) is -1.17. The molecule has 0 atom stereocenters. The van der Waals surface area contributed by atoms with Crippen LogP contribution in [-0.2, 0) is 9.53 Å². The number of nitrogens with one attached hydrogen (secondary N) is 1. The third kappa shape index (κ3) is 4.63. The Bertz CT molecular complexity index is 845. The molecule has 0 aliphatic heterocycles. The molecular weight excluding hydrogens is 324 g/mol. The van der Waals surface area contributed by atoms with Crippen molar-refractivity contribution in [1.29, 1.82) is 0 Å². The summed E-state index contributed by atoms with van der Waals surface area (Å²) in [7, 11) is 0. The molecule has 0 aliphatic rings. The van der Waals surface area contributed by atoms with Crippen molar-refractivity contribution >= 4 is 23.3 Å². The van der Waals surface area contributed by atoms with Gasteiger partial charge in [0.1, 0.15) is 0 Å². The Morgan fingerprint density at radius 2 is 1.80 bits per heavy atom. The molecule has 0 spiro atoms. The number of amides is 1. The van der Waals surface area contributed by atoms with Crippen molar-refractivity contribution in [1.82, 2.24) is 0 Å². The van der Waals surface area contributed by atoms with Gasteiger partial charge >= 0.3 is 5.97 Å². The first kappa shape index (κ1) is 18.1. The highest BCUT2D eigenvalue weighted by Crippen LogP contribution is 2.19. The number of ether oxygens (including phenoxy) is 1. The van der Waals surface area contributed by atoms with E-state index in [-0.39, 0.29) is 11.3 Å². The van der Waals surface area contributed by atoms with E-state index < -0.39 is 23.4 Å². The number of anilines is 1. The SMILES string of the molecule is Cc1ccc(NC(=O)COC(=O)c2ccc([N+](=O)[O-])c(C)c2)c(C)c1. The van der Waals surface area contributed by atoms with Crippen molar-refractivity contribution in [3.63, 3.8) is 0 Å². The molecule has 0 bridgehead atoms. The minimum atomic E-state index is -0.714. The minimum Gasteiger partial charge on any atom is -0.452 e. The van der Waals surface area contributed by atoms with Crippen LogP contribution in [0.2, 0.25) is 0 Å². The van der Waals surface area contributed by atoms with E-state index in [1.54, 1.807) is 6.07 Å². The van der Waals surface area contributed by atoms with Gasteiger partial charge in [0.05, 0.1) is 10.5 Å². The van der Waals surface area contributed by atoms with E-state index in [0.29, 0.717) is 11.3 Å². The number of benzene rings is 2. The predicted molar refractivity (Wildman–Crippen MR) is 92.7 cm³/mol. The molecule has 7 nitrogen and oxygen atoms in total. The number of hydrogen-bond acceptors (Lipinski definition) is 5. The van der Waals surface area contributed by atoms with Gasteiger partial charge in [0.2, 0.25) is 0 Å². The second-order valence-electron chi connectivity index (χ2n) is 5.70. The summed E-state index contributed by atoms with van der Waals surface area (Å²) in [5.41, 5.74) is 3.06. The molecule has 0 fully saturated rings. The molecular formula is C18H18N2O5. The number of aryl methyl sites for hydroxylation is 3. The Balaban J connectivity index is 1.96. The van der Waals surface area contributed by atoms with Crippen LogP contribution in [0.4, 0.5) is 11.4 Å². The van der Waals surface area contributed by atoms with Gasteiger partial charge in [0.15, 0.2) is 6.61 Å². The summed E-state index contributed by atoms with van der Waals surface area (Å²) < 4.78 is 4.96. The van der Waals surface area contributed by atoms with Crippen LogP contribution < -0.4 is 5.32 Å². The standard InChI is InChI=1S/C18H18N2O5/c1-11-4-6-15(12(2)8-11)19-17(21)10-25-18(22)14-5-7-16(20(23)24)13(3)9-14/h4-9H,10H2,1-3H3,(H,19,21). The maximum atomic E-state index is 12.0. The lowest BCUT2D eigenvalue weighted by molar-refractivity contribution is -0.385. The van der Waals surface area contributed by atoms with Crippen molar-refractivity contribution in [2.45, 2.75) is 20.8 Å². The number of esters is 1. The molecule has 0 saturated heterocycles. The number of rotatable bonds is 5. The number of carbonyl (C=O) groups excluding carboxylic acids is 2. The van der Waals surface area contributed by atoms with Gasteiger partial charge in [-0.15, -0.1) is 0 Å². The first-order chi connectivity index (χ1) is 11.8. The first-order valence-corrected chi connectivity index (χ1v) is 7.57. The average Bonchev–Trinajstić information content (AvgIpc) is 2.54. The second-order valence-corrected chi connectivity index (χ2v) is 5.70. The molecule has 2 aromatic rings. The fourth-order valence-electron chi connectivity index (χ4n) is 2.34. The third-order valence-corrected chi connectivity index (χ3v) is 3.62. The van der Waals surface area contributed by atoms with E-state index in [1.807, 2.05) is 26.0 Å². The molecule has 1 amide bonds. The van der Waals surface area contributed by atoms with E-state index in [4.69, 9.17) is 4.74 Å². The zero-order chi connectivity index (χ0) is 18.6. The van der Waals surface area contributed by atoms with Crippen LogP contribution in [0.3, 0.4) is 0 Å². The number of nitro benzene ring substituents is 1. The Labute approximate surface area is 144 Å². The number of nitro groups is 1. The molecule has 0 unspecified atom stereocenters. The van der Waals surface area contributed by atoms with Crippen LogP contribution in [0.5, 0.6) is 0 Å². The van der Waals surface area contributed by atoms with Crippen molar-refractivity contribution in [2.24, 2.45) is 0 Å². The van der Waals surface area contributed by atoms with Gasteiger partial charge in [-0.2, -0.15) is 0 Å². The van der Waals surface area contributed by atoms with Crippen molar-refractivity contribution in [3.8, 4) is 0 Å². The number of hydrogen-bond donors (Lipinski definition) is 1. The summed E-state index contributed by atoms with van der Waals surface area (Å²) >= 11 is 0. The van der Waals surface area contributed by atoms with Gasteiger partial charge in [-0.3, -0.25) is 14.9 Å². The van der Waals surface area contributed by atoms with Crippen molar-refractivity contribution < 1.29 is 19.2 Å². The summed E-state index contributed by atoms with van der Waals surface area (Å²) in [4.78, 5) is 34.1. The molecule has 0 aromatic heterocycles. The second kappa shape index (κ2) is 7.57. The zero-order valence-electron chi connectivity index (χ0n) is 14.2. The van der Waals surface area contributed by atoms with Crippen LogP contribution in [0.15, 0.2) is 36.4 Å². The fraction of sp³-hybridized carbons (Fsp3) is 0.222. The Kier molecular flexibility index (Phi) is 5.49. The van der Waals surface area contributed by atoms with E-state index in [1.165, 1.54) is 25.1 Å². The van der Waals surface area contributed by atoms with Crippen LogP contribution in [0.1, 0.15) is 27.0 Å². The highest BCUT2D eigenvalue weighted by atomic mass is 16.6. The molecule has 25 heavy (non-hydrogen) atoms. The van der Waals surface area contributed by atoms with Gasteiger partial charge in [0.25, 0.3) is 11.6 Å².